The summed E-state index contributed by atoms with van der Waals surface area (Å²) in [5.74, 6) is 2.99. The number of nitrogen functional groups attached to an aromatic ring is 1. The molecule has 20 heavy (non-hydrogen) atoms. The summed E-state index contributed by atoms with van der Waals surface area (Å²) in [6.07, 6.45) is -0.911. The molecule has 1 aromatic rings. The van der Waals surface area contributed by atoms with Gasteiger partial charge in [0.1, 0.15) is 8.07 Å². The van der Waals surface area contributed by atoms with Crippen molar-refractivity contribution in [3.63, 3.8) is 0 Å². The van der Waals surface area contributed by atoms with Crippen LogP contribution in [0.5, 0.6) is 0 Å². The van der Waals surface area contributed by atoms with E-state index in [0.29, 0.717) is 11.3 Å². The van der Waals surface area contributed by atoms with Crippen molar-refractivity contribution in [3.8, 4) is 11.5 Å². The summed E-state index contributed by atoms with van der Waals surface area (Å²) in [5, 5.41) is 0. The van der Waals surface area contributed by atoms with E-state index in [2.05, 4.69) is 31.1 Å². The molecular weight excluding hydrogens is 305 g/mol. The van der Waals surface area contributed by atoms with Crippen molar-refractivity contribution in [2.75, 3.05) is 5.73 Å². The fourth-order valence-electron chi connectivity index (χ4n) is 1.57. The minimum Gasteiger partial charge on any atom is -0.449 e. The quantitative estimate of drug-likeness (QED) is 0.485. The minimum absolute atomic E-state index is 0. The Morgan fingerprint density at radius 2 is 1.75 bits per heavy atom. The smallest absolute Gasteiger partial charge is 0.449 e. The Balaban J connectivity index is 0.00000361. The van der Waals surface area contributed by atoms with Crippen molar-refractivity contribution in [2.45, 2.75) is 32.9 Å². The van der Waals surface area contributed by atoms with E-state index in [0.717, 1.165) is 5.56 Å². The fraction of sp³-hybridized carbons (Fsp3) is 0.385. The Kier molecular flexibility index (Phi) is 7.63. The molecule has 2 N–H and O–H groups in total. The number of anilines is 1. The van der Waals surface area contributed by atoms with Gasteiger partial charge in [-0.25, -0.2) is 0 Å². The van der Waals surface area contributed by atoms with Crippen LogP contribution in [0.25, 0.3) is 0 Å². The van der Waals surface area contributed by atoms with Crippen molar-refractivity contribution in [2.24, 2.45) is 0 Å². The molecule has 1 rings (SSSR count). The average Bonchev–Trinajstić information content (AvgIpc) is 2.17. The number of hydrogen-bond acceptors (Lipinski definition) is 1. The van der Waals surface area contributed by atoms with Crippen molar-refractivity contribution in [1.82, 2.24) is 0 Å². The van der Waals surface area contributed by atoms with Gasteiger partial charge in [-0.15, -0.1) is 5.54 Å². The van der Waals surface area contributed by atoms with Crippen molar-refractivity contribution in [1.29, 1.82) is 0 Å². The molecule has 0 radical (unpaired) electrons. The zero-order chi connectivity index (χ0) is 14.8. The van der Waals surface area contributed by atoms with Crippen LogP contribution in [0.2, 0.25) is 19.6 Å². The molecule has 7 heteroatoms. The Morgan fingerprint density at radius 1 is 1.20 bits per heavy atom. The van der Waals surface area contributed by atoms with Crippen LogP contribution in [0.15, 0.2) is 12.1 Å². The van der Waals surface area contributed by atoms with E-state index in [1.54, 1.807) is 6.92 Å². The maximum Gasteiger partial charge on any atom is 1.00 e. The third-order valence-corrected chi connectivity index (χ3v) is 3.42. The molecule has 0 saturated heterocycles. The Labute approximate surface area is 162 Å². The van der Waals surface area contributed by atoms with Gasteiger partial charge in [-0.1, -0.05) is 37.4 Å². The third-order valence-electron chi connectivity index (χ3n) is 2.55. The Bertz CT molecular complexity index is 542. The zero-order valence-electron chi connectivity index (χ0n) is 12.7. The molecule has 1 aromatic carbocycles. The average molecular weight is 323 g/mol. The van der Waals surface area contributed by atoms with Crippen LogP contribution < -0.4 is 57.1 Å². The van der Waals surface area contributed by atoms with E-state index < -0.39 is 21.4 Å². The monoisotopic (exact) mass is 323 g/mol. The van der Waals surface area contributed by atoms with Crippen LogP contribution in [0.1, 0.15) is 16.7 Å². The standard InChI is InChI=1S/C13H18BF3NSi.K/c1-10-12(5-6-19(2,3)4)7-11(8-13(10)18)9-14(15,16)17;/h7-8H,9,18H2,1-4H3;/q-1;+1. The normalized spacial score (nSPS) is 11.3. The SMILES string of the molecule is Cc1c(N)cc(C[B-](F)(F)F)cc1C#C[Si](C)(C)C.[K+]. The summed E-state index contributed by atoms with van der Waals surface area (Å²) in [6, 6.07) is 2.90. The number of nitrogens with two attached hydrogens (primary N) is 1. The van der Waals surface area contributed by atoms with Gasteiger partial charge in [0.2, 0.25) is 0 Å². The molecule has 0 unspecified atom stereocenters. The van der Waals surface area contributed by atoms with Gasteiger partial charge in [0.05, 0.1) is 0 Å². The molecule has 0 aliphatic rings. The van der Waals surface area contributed by atoms with Crippen molar-refractivity contribution < 1.29 is 64.3 Å². The van der Waals surface area contributed by atoms with Gasteiger partial charge in [0.15, 0.2) is 0 Å². The van der Waals surface area contributed by atoms with Gasteiger partial charge in [0.25, 0.3) is 0 Å². The first-order chi connectivity index (χ1) is 8.48. The number of halogens is 3. The van der Waals surface area contributed by atoms with E-state index in [9.17, 15) is 12.9 Å². The number of hydrogen-bond donors (Lipinski definition) is 1. The Morgan fingerprint density at radius 3 is 2.20 bits per heavy atom. The van der Waals surface area contributed by atoms with Gasteiger partial charge < -0.3 is 18.7 Å². The van der Waals surface area contributed by atoms with Crippen molar-refractivity contribution >= 4 is 20.7 Å². The molecule has 104 valence electrons. The molecule has 0 aliphatic heterocycles. The van der Waals surface area contributed by atoms with E-state index >= 15 is 0 Å². The second-order valence-corrected chi connectivity index (χ2v) is 10.5. The molecular formula is C13H18BF3KNSi. The van der Waals surface area contributed by atoms with Crippen molar-refractivity contribution in [3.05, 3.63) is 28.8 Å². The molecule has 0 atom stereocenters. The Hall–Kier alpha value is 0.288. The first-order valence-corrected chi connectivity index (χ1v) is 9.61. The zero-order valence-corrected chi connectivity index (χ0v) is 16.8. The second kappa shape index (κ2) is 7.52. The van der Waals surface area contributed by atoms with Crippen LogP contribution >= 0.6 is 0 Å². The van der Waals surface area contributed by atoms with Crippen LogP contribution in [0, 0.1) is 18.4 Å². The summed E-state index contributed by atoms with van der Waals surface area (Å²) < 4.78 is 37.4. The topological polar surface area (TPSA) is 26.0 Å². The second-order valence-electron chi connectivity index (χ2n) is 5.77. The van der Waals surface area contributed by atoms with Crippen LogP contribution in [-0.2, 0) is 6.32 Å². The van der Waals surface area contributed by atoms with Crippen LogP contribution in [0.4, 0.5) is 18.6 Å². The molecule has 0 bridgehead atoms. The minimum atomic E-state index is -4.85. The van der Waals surface area contributed by atoms with Gasteiger partial charge >= 0.3 is 58.4 Å². The van der Waals surface area contributed by atoms with Crippen LogP contribution in [-0.4, -0.2) is 15.1 Å². The summed E-state index contributed by atoms with van der Waals surface area (Å²) in [5.41, 5.74) is 10.8. The molecule has 1 nitrogen and oxygen atoms in total. The van der Waals surface area contributed by atoms with Gasteiger partial charge in [0, 0.05) is 11.3 Å². The molecule has 0 amide bonds. The molecule has 0 spiro atoms. The van der Waals surface area contributed by atoms with E-state index in [1.165, 1.54) is 12.1 Å². The molecule has 0 aromatic heterocycles. The first kappa shape index (κ1) is 20.3. The molecule has 0 heterocycles. The van der Waals surface area contributed by atoms with E-state index in [1.807, 2.05) is 0 Å². The number of benzene rings is 1. The number of rotatable bonds is 2. The summed E-state index contributed by atoms with van der Waals surface area (Å²) in [7, 11) is -1.56. The molecule has 0 saturated carbocycles. The van der Waals surface area contributed by atoms with Gasteiger partial charge in [-0.2, -0.15) is 0 Å². The van der Waals surface area contributed by atoms with E-state index in [4.69, 9.17) is 5.73 Å². The first-order valence-electron chi connectivity index (χ1n) is 6.11. The third kappa shape index (κ3) is 7.34. The maximum atomic E-state index is 12.5. The summed E-state index contributed by atoms with van der Waals surface area (Å²) in [6.45, 7) is 3.18. The van der Waals surface area contributed by atoms with Gasteiger partial charge in [-0.3, -0.25) is 0 Å². The largest absolute Gasteiger partial charge is 1.00 e. The molecule has 0 fully saturated rings. The predicted octanol–water partition coefficient (Wildman–Crippen LogP) is 0.739. The maximum absolute atomic E-state index is 12.5. The van der Waals surface area contributed by atoms with E-state index in [-0.39, 0.29) is 56.9 Å². The van der Waals surface area contributed by atoms with Crippen LogP contribution in [0.3, 0.4) is 0 Å². The van der Waals surface area contributed by atoms with Gasteiger partial charge in [-0.05, 0) is 24.6 Å². The molecule has 0 aliphatic carbocycles. The summed E-state index contributed by atoms with van der Waals surface area (Å²) >= 11 is 0. The fourth-order valence-corrected chi connectivity index (χ4v) is 2.08. The predicted molar refractivity (Wildman–Crippen MR) is 78.6 cm³/mol. The summed E-state index contributed by atoms with van der Waals surface area (Å²) in [4.78, 5) is 0.